The Morgan fingerprint density at radius 2 is 2.14 bits per heavy atom. The fourth-order valence-corrected chi connectivity index (χ4v) is 1.92. The molecule has 0 aliphatic rings. The van der Waals surface area contributed by atoms with E-state index in [1.54, 1.807) is 23.3 Å². The summed E-state index contributed by atoms with van der Waals surface area (Å²) in [4.78, 5) is 4.27. The molecular weight excluding hydrogens is 271 g/mol. The highest BCUT2D eigenvalue weighted by atomic mass is 19.1. The summed E-state index contributed by atoms with van der Waals surface area (Å²) in [5.41, 5.74) is 1.26. The van der Waals surface area contributed by atoms with Crippen LogP contribution in [0.25, 0.3) is 5.82 Å². The molecule has 2 aromatic heterocycles. The summed E-state index contributed by atoms with van der Waals surface area (Å²) in [7, 11) is 0. The van der Waals surface area contributed by atoms with Gasteiger partial charge in [0.1, 0.15) is 11.6 Å². The number of nitrogens with zero attached hydrogens (tertiary/aromatic N) is 3. The van der Waals surface area contributed by atoms with Crippen molar-refractivity contribution in [1.29, 1.82) is 0 Å². The Morgan fingerprint density at radius 3 is 2.86 bits per heavy atom. The third-order valence-electron chi connectivity index (χ3n) is 3.01. The lowest BCUT2D eigenvalue weighted by atomic mass is 10.2. The van der Waals surface area contributed by atoms with Crippen molar-refractivity contribution in [2.75, 3.05) is 5.32 Å². The number of hydrogen-bond acceptors (Lipinski definition) is 4. The maximum absolute atomic E-state index is 13.1. The van der Waals surface area contributed by atoms with Gasteiger partial charge < -0.3 is 10.4 Å². The summed E-state index contributed by atoms with van der Waals surface area (Å²) >= 11 is 0. The zero-order valence-corrected chi connectivity index (χ0v) is 11.1. The summed E-state index contributed by atoms with van der Waals surface area (Å²) in [6.07, 6.45) is 5.15. The molecule has 1 aromatic carbocycles. The summed E-state index contributed by atoms with van der Waals surface area (Å²) in [6, 6.07) is 9.35. The maximum atomic E-state index is 13.1. The fourth-order valence-electron chi connectivity index (χ4n) is 1.92. The van der Waals surface area contributed by atoms with E-state index in [1.165, 1.54) is 18.2 Å². The number of pyridine rings is 1. The Bertz CT molecular complexity index is 726. The molecule has 3 rings (SSSR count). The monoisotopic (exact) mass is 284 g/mol. The van der Waals surface area contributed by atoms with Crippen molar-refractivity contribution in [3.05, 3.63) is 66.4 Å². The number of benzene rings is 1. The second-order valence-corrected chi connectivity index (χ2v) is 4.48. The van der Waals surface area contributed by atoms with E-state index in [0.717, 1.165) is 5.69 Å². The van der Waals surface area contributed by atoms with Gasteiger partial charge in [-0.3, -0.25) is 0 Å². The van der Waals surface area contributed by atoms with Crippen molar-refractivity contribution in [1.82, 2.24) is 14.8 Å². The van der Waals surface area contributed by atoms with Gasteiger partial charge in [0.05, 0.1) is 11.9 Å². The van der Waals surface area contributed by atoms with E-state index in [9.17, 15) is 9.50 Å². The van der Waals surface area contributed by atoms with Crippen LogP contribution in [0.5, 0.6) is 5.75 Å². The van der Waals surface area contributed by atoms with E-state index >= 15 is 0 Å². The molecule has 0 aliphatic carbocycles. The second-order valence-electron chi connectivity index (χ2n) is 4.48. The van der Waals surface area contributed by atoms with E-state index in [2.05, 4.69) is 15.4 Å². The van der Waals surface area contributed by atoms with Gasteiger partial charge in [0.25, 0.3) is 0 Å². The molecular formula is C15H13FN4O. The standard InChI is InChI=1S/C15H13FN4O/c16-12-2-4-14(21)11(8-12)9-17-13-3-5-15(18-10-13)20-7-1-6-19-20/h1-8,10,17,21H,9H2. The Balaban J connectivity index is 1.70. The van der Waals surface area contributed by atoms with Crippen LogP contribution in [0.4, 0.5) is 10.1 Å². The van der Waals surface area contributed by atoms with Gasteiger partial charge >= 0.3 is 0 Å². The van der Waals surface area contributed by atoms with Crippen LogP contribution in [0.1, 0.15) is 5.56 Å². The Hall–Kier alpha value is -2.89. The molecule has 6 heteroatoms. The number of aromatic hydroxyl groups is 1. The fraction of sp³-hybridized carbons (Fsp3) is 0.0667. The van der Waals surface area contributed by atoms with Crippen molar-refractivity contribution in [3.63, 3.8) is 0 Å². The van der Waals surface area contributed by atoms with E-state index in [0.29, 0.717) is 17.9 Å². The van der Waals surface area contributed by atoms with Crippen LogP contribution in [0.3, 0.4) is 0 Å². The molecule has 0 atom stereocenters. The lowest BCUT2D eigenvalue weighted by molar-refractivity contribution is 0.466. The zero-order valence-electron chi connectivity index (χ0n) is 11.1. The van der Waals surface area contributed by atoms with Gasteiger partial charge in [0.15, 0.2) is 5.82 Å². The number of halogens is 1. The van der Waals surface area contributed by atoms with Gasteiger partial charge in [-0.2, -0.15) is 5.10 Å². The molecule has 21 heavy (non-hydrogen) atoms. The van der Waals surface area contributed by atoms with E-state index in [4.69, 9.17) is 0 Å². The summed E-state index contributed by atoms with van der Waals surface area (Å²) in [5.74, 6) is 0.390. The van der Waals surface area contributed by atoms with Crippen LogP contribution in [-0.2, 0) is 6.54 Å². The number of aromatic nitrogens is 3. The largest absolute Gasteiger partial charge is 0.508 e. The number of nitrogens with one attached hydrogen (secondary N) is 1. The minimum Gasteiger partial charge on any atom is -0.508 e. The molecule has 0 unspecified atom stereocenters. The van der Waals surface area contributed by atoms with Crippen molar-refractivity contribution >= 4 is 5.69 Å². The topological polar surface area (TPSA) is 63.0 Å². The second kappa shape index (κ2) is 5.62. The minimum atomic E-state index is -0.378. The third kappa shape index (κ3) is 3.00. The van der Waals surface area contributed by atoms with Crippen LogP contribution < -0.4 is 5.32 Å². The predicted octanol–water partition coefficient (Wildman–Crippen LogP) is 2.72. The molecule has 2 N–H and O–H groups in total. The van der Waals surface area contributed by atoms with E-state index in [-0.39, 0.29) is 11.6 Å². The van der Waals surface area contributed by atoms with Crippen molar-refractivity contribution in [3.8, 4) is 11.6 Å². The van der Waals surface area contributed by atoms with Crippen LogP contribution in [0.15, 0.2) is 55.0 Å². The molecule has 3 aromatic rings. The zero-order chi connectivity index (χ0) is 14.7. The van der Waals surface area contributed by atoms with Crippen molar-refractivity contribution < 1.29 is 9.50 Å². The molecule has 0 spiro atoms. The quantitative estimate of drug-likeness (QED) is 0.773. The first-order chi connectivity index (χ1) is 10.2. The summed E-state index contributed by atoms with van der Waals surface area (Å²) in [6.45, 7) is 0.312. The van der Waals surface area contributed by atoms with Gasteiger partial charge in [-0.1, -0.05) is 0 Å². The Kier molecular flexibility index (Phi) is 3.51. The van der Waals surface area contributed by atoms with Crippen LogP contribution in [-0.4, -0.2) is 19.9 Å². The van der Waals surface area contributed by atoms with Crippen LogP contribution in [0, 0.1) is 5.82 Å². The van der Waals surface area contributed by atoms with Crippen molar-refractivity contribution in [2.24, 2.45) is 0 Å². The third-order valence-corrected chi connectivity index (χ3v) is 3.01. The van der Waals surface area contributed by atoms with Gasteiger partial charge in [0, 0.05) is 24.5 Å². The predicted molar refractivity (Wildman–Crippen MR) is 76.8 cm³/mol. The first-order valence-electron chi connectivity index (χ1n) is 6.40. The SMILES string of the molecule is Oc1ccc(F)cc1CNc1ccc(-n2cccn2)nc1. The van der Waals surface area contributed by atoms with E-state index in [1.807, 2.05) is 18.2 Å². The molecule has 0 radical (unpaired) electrons. The van der Waals surface area contributed by atoms with Crippen LogP contribution >= 0.6 is 0 Å². The normalized spacial score (nSPS) is 10.5. The summed E-state index contributed by atoms with van der Waals surface area (Å²) in [5, 5.41) is 16.8. The Morgan fingerprint density at radius 1 is 1.24 bits per heavy atom. The number of phenolic OH excluding ortho intramolecular Hbond substituents is 1. The maximum Gasteiger partial charge on any atom is 0.153 e. The highest BCUT2D eigenvalue weighted by molar-refractivity contribution is 5.45. The average Bonchev–Trinajstić information content (AvgIpc) is 3.03. The molecule has 0 saturated heterocycles. The minimum absolute atomic E-state index is 0.0602. The first kappa shape index (κ1) is 13.1. The number of phenols is 1. The smallest absolute Gasteiger partial charge is 0.153 e. The number of hydrogen-bond donors (Lipinski definition) is 2. The van der Waals surface area contributed by atoms with Crippen LogP contribution in [0.2, 0.25) is 0 Å². The lowest BCUT2D eigenvalue weighted by Gasteiger charge is -2.08. The number of anilines is 1. The molecule has 0 aliphatic heterocycles. The van der Waals surface area contributed by atoms with Crippen molar-refractivity contribution in [2.45, 2.75) is 6.54 Å². The molecule has 5 nitrogen and oxygen atoms in total. The van der Waals surface area contributed by atoms with Gasteiger partial charge in [-0.25, -0.2) is 14.1 Å². The average molecular weight is 284 g/mol. The van der Waals surface area contributed by atoms with Gasteiger partial charge in [-0.05, 0) is 36.4 Å². The first-order valence-corrected chi connectivity index (χ1v) is 6.40. The van der Waals surface area contributed by atoms with Gasteiger partial charge in [0.2, 0.25) is 0 Å². The highest BCUT2D eigenvalue weighted by Gasteiger charge is 2.03. The lowest BCUT2D eigenvalue weighted by Crippen LogP contribution is -2.02. The summed E-state index contributed by atoms with van der Waals surface area (Å²) < 4.78 is 14.8. The van der Waals surface area contributed by atoms with Gasteiger partial charge in [-0.15, -0.1) is 0 Å². The molecule has 0 fully saturated rings. The Labute approximate surface area is 120 Å². The molecule has 106 valence electrons. The molecule has 2 heterocycles. The highest BCUT2D eigenvalue weighted by Crippen LogP contribution is 2.19. The molecule has 0 bridgehead atoms. The number of rotatable bonds is 4. The van der Waals surface area contributed by atoms with E-state index < -0.39 is 0 Å². The molecule has 0 saturated carbocycles. The molecule has 0 amide bonds.